The molecular formula is C23H14BrCl2N3O4. The fraction of sp³-hybridized carbons (Fsp3) is 0.0870. The maximum Gasteiger partial charge on any atom is 0.258 e. The summed E-state index contributed by atoms with van der Waals surface area (Å²) in [7, 11) is 0. The zero-order valence-corrected chi connectivity index (χ0v) is 19.9. The second-order valence-corrected chi connectivity index (χ2v) is 8.82. The van der Waals surface area contributed by atoms with Crippen LogP contribution in [0.1, 0.15) is 10.4 Å². The molecule has 1 aromatic heterocycles. The maximum atomic E-state index is 12.4. The number of hydrogen-bond acceptors (Lipinski definition) is 6. The van der Waals surface area contributed by atoms with Gasteiger partial charge in [0.1, 0.15) is 23.9 Å². The van der Waals surface area contributed by atoms with Crippen LogP contribution in [-0.4, -0.2) is 29.2 Å². The number of amides is 1. The van der Waals surface area contributed by atoms with Crippen LogP contribution in [0.5, 0.6) is 17.2 Å². The van der Waals surface area contributed by atoms with Gasteiger partial charge in [0.2, 0.25) is 5.82 Å². The highest BCUT2D eigenvalue weighted by atomic mass is 79.9. The van der Waals surface area contributed by atoms with Crippen LogP contribution in [0.15, 0.2) is 63.6 Å². The molecule has 5 rings (SSSR count). The normalized spacial score (nSPS) is 13.0. The molecule has 2 heterocycles. The molecular weight excluding hydrogens is 533 g/mol. The average molecular weight is 547 g/mol. The molecule has 0 atom stereocenters. The molecule has 0 saturated carbocycles. The van der Waals surface area contributed by atoms with E-state index in [4.69, 9.17) is 37.2 Å². The van der Waals surface area contributed by atoms with Crippen molar-refractivity contribution in [1.82, 2.24) is 15.5 Å². The molecule has 1 aliphatic heterocycles. The Labute approximate surface area is 206 Å². The number of hydrogen-bond donors (Lipinski definition) is 1. The van der Waals surface area contributed by atoms with E-state index in [2.05, 4.69) is 31.4 Å². The molecule has 10 heteroatoms. The summed E-state index contributed by atoms with van der Waals surface area (Å²) in [6.45, 7) is 0.829. The van der Waals surface area contributed by atoms with Crippen LogP contribution in [-0.2, 0) is 0 Å². The van der Waals surface area contributed by atoms with Crippen LogP contribution in [0.3, 0.4) is 0 Å². The second kappa shape index (κ2) is 9.05. The van der Waals surface area contributed by atoms with E-state index in [-0.39, 0.29) is 11.8 Å². The van der Waals surface area contributed by atoms with E-state index in [9.17, 15) is 4.79 Å². The third-order valence-corrected chi connectivity index (χ3v) is 5.80. The minimum Gasteiger partial charge on any atom is -0.490 e. The number of ether oxygens (including phenoxy) is 2. The standard InChI is InChI=1S/C23H14BrCl2N3O4/c24-19-8-13(7-18-20(19)31-6-5-27-22(18)30)23-28-21(29-33-23)12-1-3-16(4-2-12)32-17-10-14(25)9-15(26)11-17/h1-4,7-11H,5-6H2,(H,27,30). The monoisotopic (exact) mass is 545 g/mol. The number of carbonyl (C=O) groups is 1. The Morgan fingerprint density at radius 2 is 1.73 bits per heavy atom. The van der Waals surface area contributed by atoms with Crippen LogP contribution in [0.4, 0.5) is 0 Å². The minimum absolute atomic E-state index is 0.221. The highest BCUT2D eigenvalue weighted by Gasteiger charge is 2.22. The first-order valence-corrected chi connectivity index (χ1v) is 11.3. The molecule has 33 heavy (non-hydrogen) atoms. The molecule has 0 saturated heterocycles. The topological polar surface area (TPSA) is 86.5 Å². The summed E-state index contributed by atoms with van der Waals surface area (Å²) in [6.07, 6.45) is 0. The van der Waals surface area contributed by atoms with Gasteiger partial charge < -0.3 is 19.3 Å². The van der Waals surface area contributed by atoms with Crippen molar-refractivity contribution in [2.75, 3.05) is 13.2 Å². The van der Waals surface area contributed by atoms with Crippen molar-refractivity contribution in [3.63, 3.8) is 0 Å². The summed E-state index contributed by atoms with van der Waals surface area (Å²) in [5, 5.41) is 7.83. The summed E-state index contributed by atoms with van der Waals surface area (Å²) in [6, 6.07) is 15.6. The summed E-state index contributed by atoms with van der Waals surface area (Å²) >= 11 is 15.5. The molecule has 0 radical (unpaired) electrons. The van der Waals surface area contributed by atoms with E-state index in [1.54, 1.807) is 42.5 Å². The SMILES string of the molecule is O=C1NCCOc2c(Br)cc(-c3nc(-c4ccc(Oc5cc(Cl)cc(Cl)c5)cc4)no3)cc21. The molecule has 0 aliphatic carbocycles. The molecule has 1 amide bonds. The first kappa shape index (κ1) is 21.8. The lowest BCUT2D eigenvalue weighted by Gasteiger charge is -2.09. The molecule has 166 valence electrons. The zero-order valence-electron chi connectivity index (χ0n) is 16.8. The van der Waals surface area contributed by atoms with Gasteiger partial charge in [0.05, 0.1) is 16.6 Å². The molecule has 1 aliphatic rings. The zero-order chi connectivity index (χ0) is 22.9. The molecule has 0 bridgehead atoms. The van der Waals surface area contributed by atoms with Crippen molar-refractivity contribution in [2.24, 2.45) is 0 Å². The average Bonchev–Trinajstić information content (AvgIpc) is 3.19. The Bertz CT molecular complexity index is 1340. The third kappa shape index (κ3) is 4.68. The predicted molar refractivity (Wildman–Crippen MR) is 127 cm³/mol. The van der Waals surface area contributed by atoms with Crippen molar-refractivity contribution in [3.05, 3.63) is 74.7 Å². The molecule has 1 N–H and O–H groups in total. The van der Waals surface area contributed by atoms with Crippen molar-refractivity contribution in [1.29, 1.82) is 0 Å². The Balaban J connectivity index is 1.39. The van der Waals surface area contributed by atoms with E-state index in [1.807, 2.05) is 12.1 Å². The smallest absolute Gasteiger partial charge is 0.258 e. The van der Waals surface area contributed by atoms with Crippen LogP contribution < -0.4 is 14.8 Å². The van der Waals surface area contributed by atoms with E-state index in [1.165, 1.54) is 0 Å². The van der Waals surface area contributed by atoms with Crippen molar-refractivity contribution < 1.29 is 18.8 Å². The second-order valence-electron chi connectivity index (χ2n) is 7.09. The minimum atomic E-state index is -0.221. The number of carbonyl (C=O) groups excluding carboxylic acids is 1. The number of halogens is 3. The lowest BCUT2D eigenvalue weighted by molar-refractivity contribution is 0.0957. The quantitative estimate of drug-likeness (QED) is 0.319. The summed E-state index contributed by atoms with van der Waals surface area (Å²) in [4.78, 5) is 16.8. The fourth-order valence-electron chi connectivity index (χ4n) is 3.30. The van der Waals surface area contributed by atoms with Crippen LogP contribution >= 0.6 is 39.1 Å². The molecule has 7 nitrogen and oxygen atoms in total. The largest absolute Gasteiger partial charge is 0.490 e. The van der Waals surface area contributed by atoms with E-state index in [0.717, 1.165) is 5.56 Å². The van der Waals surface area contributed by atoms with Gasteiger partial charge in [-0.05, 0) is 70.5 Å². The number of rotatable bonds is 4. The van der Waals surface area contributed by atoms with Gasteiger partial charge in [-0.25, -0.2) is 0 Å². The summed E-state index contributed by atoms with van der Waals surface area (Å²) in [5.74, 6) is 2.07. The first-order valence-electron chi connectivity index (χ1n) is 9.79. The van der Waals surface area contributed by atoms with Gasteiger partial charge in [-0.15, -0.1) is 0 Å². The Hall–Kier alpha value is -3.07. The molecule has 0 fully saturated rings. The number of nitrogens with one attached hydrogen (secondary N) is 1. The van der Waals surface area contributed by atoms with Gasteiger partial charge >= 0.3 is 0 Å². The molecule has 3 aromatic carbocycles. The number of benzene rings is 3. The predicted octanol–water partition coefficient (Wildman–Crippen LogP) is 6.39. The van der Waals surface area contributed by atoms with Crippen molar-refractivity contribution >= 4 is 45.0 Å². The fourth-order valence-corrected chi connectivity index (χ4v) is 4.38. The Kier molecular flexibility index (Phi) is 5.97. The number of aromatic nitrogens is 2. The maximum absolute atomic E-state index is 12.4. The summed E-state index contributed by atoms with van der Waals surface area (Å²) < 4.78 is 17.6. The molecule has 0 unspecified atom stereocenters. The van der Waals surface area contributed by atoms with Crippen LogP contribution in [0.25, 0.3) is 22.8 Å². The first-order chi connectivity index (χ1) is 16.0. The van der Waals surface area contributed by atoms with Crippen molar-refractivity contribution in [2.45, 2.75) is 0 Å². The van der Waals surface area contributed by atoms with Gasteiger partial charge in [-0.3, -0.25) is 4.79 Å². The van der Waals surface area contributed by atoms with Crippen LogP contribution in [0.2, 0.25) is 10.0 Å². The highest BCUT2D eigenvalue weighted by molar-refractivity contribution is 9.10. The lowest BCUT2D eigenvalue weighted by atomic mass is 10.1. The van der Waals surface area contributed by atoms with E-state index in [0.29, 0.717) is 61.9 Å². The van der Waals surface area contributed by atoms with Gasteiger partial charge in [0.15, 0.2) is 0 Å². The van der Waals surface area contributed by atoms with Crippen molar-refractivity contribution in [3.8, 4) is 40.1 Å². The van der Waals surface area contributed by atoms with Crippen LogP contribution in [0, 0.1) is 0 Å². The summed E-state index contributed by atoms with van der Waals surface area (Å²) in [5.41, 5.74) is 1.73. The lowest BCUT2D eigenvalue weighted by Crippen LogP contribution is -2.24. The Morgan fingerprint density at radius 1 is 0.970 bits per heavy atom. The number of fused-ring (bicyclic) bond motifs is 1. The molecule has 4 aromatic rings. The number of nitrogens with zero attached hydrogens (tertiary/aromatic N) is 2. The Morgan fingerprint density at radius 3 is 2.48 bits per heavy atom. The van der Waals surface area contributed by atoms with Gasteiger partial charge in [0.25, 0.3) is 11.8 Å². The van der Waals surface area contributed by atoms with E-state index >= 15 is 0 Å². The highest BCUT2D eigenvalue weighted by Crippen LogP contribution is 2.36. The van der Waals surface area contributed by atoms with Gasteiger partial charge in [-0.2, -0.15) is 4.98 Å². The third-order valence-electron chi connectivity index (χ3n) is 4.78. The van der Waals surface area contributed by atoms with Gasteiger partial charge in [0, 0.05) is 21.2 Å². The van der Waals surface area contributed by atoms with E-state index < -0.39 is 0 Å². The van der Waals surface area contributed by atoms with Gasteiger partial charge in [-0.1, -0.05) is 28.4 Å². The molecule has 0 spiro atoms.